The molecule has 0 bridgehead atoms. The lowest BCUT2D eigenvalue weighted by atomic mass is 9.85. The molecule has 0 radical (unpaired) electrons. The zero-order valence-electron chi connectivity index (χ0n) is 11.9. The fraction of sp³-hybridized carbons (Fsp3) is 0.500. The molecule has 0 heterocycles. The number of hydrogen-bond donors (Lipinski definition) is 0. The monoisotopic (exact) mass is 300 g/mol. The molecule has 0 unspecified atom stereocenters. The van der Waals surface area contributed by atoms with Crippen LogP contribution in [0.2, 0.25) is 5.02 Å². The van der Waals surface area contributed by atoms with Gasteiger partial charge in [0, 0.05) is 16.0 Å². The maximum absolute atomic E-state index is 5.93. The summed E-state index contributed by atoms with van der Waals surface area (Å²) in [5.41, 5.74) is 1.48. The van der Waals surface area contributed by atoms with E-state index in [-0.39, 0.29) is 5.41 Å². The van der Waals surface area contributed by atoms with E-state index in [0.717, 1.165) is 17.9 Å². The van der Waals surface area contributed by atoms with E-state index in [4.69, 9.17) is 27.9 Å². The van der Waals surface area contributed by atoms with E-state index in [9.17, 15) is 0 Å². The summed E-state index contributed by atoms with van der Waals surface area (Å²) in [4.78, 5) is 0. The van der Waals surface area contributed by atoms with Gasteiger partial charge in [-0.2, -0.15) is 0 Å². The van der Waals surface area contributed by atoms with E-state index in [1.807, 2.05) is 24.3 Å². The van der Waals surface area contributed by atoms with Crippen LogP contribution in [0.15, 0.2) is 35.6 Å². The third-order valence-corrected chi connectivity index (χ3v) is 3.66. The number of unbranched alkanes of at least 4 members (excludes halogenated alkanes) is 2. The first kappa shape index (κ1) is 16.4. The summed E-state index contributed by atoms with van der Waals surface area (Å²) in [5.74, 6) is 1.56. The van der Waals surface area contributed by atoms with Gasteiger partial charge in [0.1, 0.15) is 11.5 Å². The molecule has 1 aromatic carbocycles. The van der Waals surface area contributed by atoms with Crippen LogP contribution in [-0.2, 0) is 0 Å². The van der Waals surface area contributed by atoms with Crippen LogP contribution in [0.25, 0.3) is 0 Å². The molecule has 0 fully saturated rings. The molecule has 0 aliphatic heterocycles. The van der Waals surface area contributed by atoms with Crippen molar-refractivity contribution in [2.24, 2.45) is 5.41 Å². The quantitative estimate of drug-likeness (QED) is 0.418. The van der Waals surface area contributed by atoms with Crippen molar-refractivity contribution in [1.29, 1.82) is 0 Å². The van der Waals surface area contributed by atoms with Crippen LogP contribution >= 0.6 is 23.2 Å². The van der Waals surface area contributed by atoms with E-state index in [1.165, 1.54) is 19.3 Å². The minimum Gasteiger partial charge on any atom is -0.460 e. The van der Waals surface area contributed by atoms with Crippen molar-refractivity contribution in [2.45, 2.75) is 46.5 Å². The van der Waals surface area contributed by atoms with Crippen molar-refractivity contribution in [3.05, 3.63) is 40.6 Å². The zero-order valence-corrected chi connectivity index (χ0v) is 13.4. The predicted octanol–water partition coefficient (Wildman–Crippen LogP) is 6.41. The lowest BCUT2D eigenvalue weighted by molar-refractivity contribution is 0.254. The van der Waals surface area contributed by atoms with Crippen LogP contribution in [0.5, 0.6) is 5.75 Å². The second-order valence-corrected chi connectivity index (χ2v) is 6.02. The van der Waals surface area contributed by atoms with Gasteiger partial charge in [-0.25, -0.2) is 0 Å². The van der Waals surface area contributed by atoms with Crippen molar-refractivity contribution in [3.8, 4) is 5.75 Å². The van der Waals surface area contributed by atoms with Gasteiger partial charge in [0.15, 0.2) is 0 Å². The van der Waals surface area contributed by atoms with Gasteiger partial charge in [-0.15, -0.1) is 0 Å². The molecular weight excluding hydrogens is 279 g/mol. The zero-order chi connectivity index (χ0) is 14.3. The Kier molecular flexibility index (Phi) is 6.74. The summed E-state index contributed by atoms with van der Waals surface area (Å²) >= 11 is 11.8. The molecule has 1 nitrogen and oxygen atoms in total. The largest absolute Gasteiger partial charge is 0.460 e. The maximum atomic E-state index is 5.93. The van der Waals surface area contributed by atoms with Gasteiger partial charge in [0.25, 0.3) is 0 Å². The fourth-order valence-corrected chi connectivity index (χ4v) is 2.34. The van der Waals surface area contributed by atoms with Gasteiger partial charge in [0.05, 0.1) is 0 Å². The Morgan fingerprint density at radius 2 is 1.84 bits per heavy atom. The first-order valence-electron chi connectivity index (χ1n) is 6.74. The minimum absolute atomic E-state index is 0.0590. The van der Waals surface area contributed by atoms with Crippen molar-refractivity contribution in [1.82, 2.24) is 0 Å². The molecule has 1 aromatic rings. The molecule has 0 aromatic heterocycles. The van der Waals surface area contributed by atoms with Crippen LogP contribution in [0, 0.1) is 5.41 Å². The Labute approximate surface area is 126 Å². The van der Waals surface area contributed by atoms with Gasteiger partial charge in [-0.1, -0.05) is 63.2 Å². The molecule has 0 saturated heterocycles. The smallest absolute Gasteiger partial charge is 0.127 e. The molecule has 0 amide bonds. The number of rotatable bonds is 7. The Hall–Kier alpha value is -0.660. The van der Waals surface area contributed by atoms with Crippen molar-refractivity contribution in [3.63, 3.8) is 0 Å². The van der Waals surface area contributed by atoms with Crippen LogP contribution in [0.4, 0.5) is 0 Å². The molecule has 0 spiro atoms. The third kappa shape index (κ3) is 5.46. The van der Waals surface area contributed by atoms with Gasteiger partial charge in [-0.05, 0) is 30.7 Å². The van der Waals surface area contributed by atoms with Crippen molar-refractivity contribution in [2.75, 3.05) is 0 Å². The number of ether oxygens (including phenoxy) is 1. The average Bonchev–Trinajstić information content (AvgIpc) is 2.38. The van der Waals surface area contributed by atoms with Gasteiger partial charge >= 0.3 is 0 Å². The standard InChI is InChI=1S/C16H22Cl2O/c1-4-5-6-11-16(2,3)15(12-17)19-14-9-7-13(18)8-10-14/h7-10,12H,4-6,11H2,1-3H3/b15-12-. The highest BCUT2D eigenvalue weighted by molar-refractivity contribution is 6.30. The van der Waals surface area contributed by atoms with Crippen molar-refractivity contribution < 1.29 is 4.74 Å². The molecule has 0 saturated carbocycles. The highest BCUT2D eigenvalue weighted by Crippen LogP contribution is 2.34. The molecule has 0 atom stereocenters. The lowest BCUT2D eigenvalue weighted by Gasteiger charge is -2.27. The summed E-state index contributed by atoms with van der Waals surface area (Å²) in [6, 6.07) is 7.33. The SMILES string of the molecule is CCCCCC(C)(C)/C(=C/Cl)Oc1ccc(Cl)cc1. The summed E-state index contributed by atoms with van der Waals surface area (Å²) in [6.45, 7) is 6.52. The minimum atomic E-state index is -0.0590. The van der Waals surface area contributed by atoms with Gasteiger partial charge < -0.3 is 4.74 Å². The molecule has 0 N–H and O–H groups in total. The normalized spacial score (nSPS) is 12.6. The van der Waals surface area contributed by atoms with Gasteiger partial charge in [0.2, 0.25) is 0 Å². The van der Waals surface area contributed by atoms with Crippen LogP contribution < -0.4 is 4.74 Å². The van der Waals surface area contributed by atoms with Crippen LogP contribution in [0.3, 0.4) is 0 Å². The molecule has 0 aliphatic rings. The Bertz CT molecular complexity index is 407. The van der Waals surface area contributed by atoms with Crippen LogP contribution in [0.1, 0.15) is 46.5 Å². The second-order valence-electron chi connectivity index (χ2n) is 5.37. The highest BCUT2D eigenvalue weighted by Gasteiger charge is 2.25. The fourth-order valence-electron chi connectivity index (χ4n) is 1.88. The van der Waals surface area contributed by atoms with Crippen LogP contribution in [-0.4, -0.2) is 0 Å². The third-order valence-electron chi connectivity index (χ3n) is 3.21. The van der Waals surface area contributed by atoms with Crippen molar-refractivity contribution >= 4 is 23.2 Å². The van der Waals surface area contributed by atoms with E-state index < -0.39 is 0 Å². The Morgan fingerprint density at radius 1 is 1.21 bits per heavy atom. The summed E-state index contributed by atoms with van der Waals surface area (Å²) in [7, 11) is 0. The molecule has 106 valence electrons. The lowest BCUT2D eigenvalue weighted by Crippen LogP contribution is -2.19. The second kappa shape index (κ2) is 7.81. The van der Waals surface area contributed by atoms with E-state index in [2.05, 4.69) is 20.8 Å². The van der Waals surface area contributed by atoms with E-state index >= 15 is 0 Å². The maximum Gasteiger partial charge on any atom is 0.127 e. The molecule has 1 rings (SSSR count). The van der Waals surface area contributed by atoms with E-state index in [0.29, 0.717) is 5.02 Å². The first-order valence-corrected chi connectivity index (χ1v) is 7.55. The summed E-state index contributed by atoms with van der Waals surface area (Å²) in [6.07, 6.45) is 4.70. The Morgan fingerprint density at radius 3 is 2.37 bits per heavy atom. The molecule has 0 aliphatic carbocycles. The summed E-state index contributed by atoms with van der Waals surface area (Å²) < 4.78 is 5.88. The molecule has 3 heteroatoms. The first-order chi connectivity index (χ1) is 8.99. The molecule has 19 heavy (non-hydrogen) atoms. The average molecular weight is 301 g/mol. The number of halogens is 2. The summed E-state index contributed by atoms with van der Waals surface area (Å²) in [5, 5.41) is 0.700. The highest BCUT2D eigenvalue weighted by atomic mass is 35.5. The van der Waals surface area contributed by atoms with Gasteiger partial charge in [-0.3, -0.25) is 0 Å². The number of allylic oxidation sites excluding steroid dienone is 1. The Balaban J connectivity index is 2.69. The topological polar surface area (TPSA) is 9.23 Å². The predicted molar refractivity (Wildman–Crippen MR) is 83.9 cm³/mol. The number of hydrogen-bond acceptors (Lipinski definition) is 1. The molecular formula is C16H22Cl2O. The van der Waals surface area contributed by atoms with E-state index in [1.54, 1.807) is 5.54 Å². The number of benzene rings is 1.